The quantitative estimate of drug-likeness (QED) is 0.662. The van der Waals surface area contributed by atoms with Gasteiger partial charge in [0, 0.05) is 30.8 Å². The van der Waals surface area contributed by atoms with Gasteiger partial charge in [0.2, 0.25) is 5.91 Å². The molecule has 0 atom stereocenters. The van der Waals surface area contributed by atoms with Crippen molar-refractivity contribution in [3.05, 3.63) is 69.3 Å². The van der Waals surface area contributed by atoms with E-state index in [1.807, 2.05) is 30.9 Å². The molecule has 0 radical (unpaired) electrons. The highest BCUT2D eigenvalue weighted by Crippen LogP contribution is 2.25. The molecule has 27 heavy (non-hydrogen) atoms. The molecule has 1 N–H and O–H groups in total. The summed E-state index contributed by atoms with van der Waals surface area (Å²) in [4.78, 5) is 37.1. The van der Waals surface area contributed by atoms with Crippen molar-refractivity contribution in [3.8, 4) is 0 Å². The molecule has 0 unspecified atom stereocenters. The number of carbonyl (C=O) groups excluding carboxylic acids is 2. The number of amides is 2. The van der Waals surface area contributed by atoms with Gasteiger partial charge in [0.05, 0.1) is 4.92 Å². The second-order valence-electron chi connectivity index (χ2n) is 6.88. The smallest absolute Gasteiger partial charge is 0.282 e. The normalized spacial score (nSPS) is 13.2. The minimum absolute atomic E-state index is 0.0110. The monoisotopic (exact) mass is 367 g/mol. The number of hydrogen-bond acceptors (Lipinski definition) is 4. The Hall–Kier alpha value is -3.22. The summed E-state index contributed by atoms with van der Waals surface area (Å²) in [5.41, 5.74) is 2.45. The number of nitro benzene ring substituents is 1. The van der Waals surface area contributed by atoms with E-state index < -0.39 is 10.8 Å². The number of fused-ring (bicyclic) bond motifs is 1. The van der Waals surface area contributed by atoms with Crippen LogP contribution >= 0.6 is 0 Å². The molecule has 1 aliphatic heterocycles. The van der Waals surface area contributed by atoms with Crippen molar-refractivity contribution in [2.24, 2.45) is 5.92 Å². The fourth-order valence-electron chi connectivity index (χ4n) is 3.21. The largest absolute Gasteiger partial charge is 0.338 e. The van der Waals surface area contributed by atoms with E-state index in [1.165, 1.54) is 18.2 Å². The molecular weight excluding hydrogens is 346 g/mol. The van der Waals surface area contributed by atoms with Crippen molar-refractivity contribution in [2.75, 3.05) is 11.9 Å². The summed E-state index contributed by atoms with van der Waals surface area (Å²) < 4.78 is 0. The molecule has 1 heterocycles. The molecular formula is C20H21N3O4. The first-order valence-electron chi connectivity index (χ1n) is 8.82. The van der Waals surface area contributed by atoms with E-state index in [4.69, 9.17) is 0 Å². The summed E-state index contributed by atoms with van der Waals surface area (Å²) in [7, 11) is 0. The first kappa shape index (κ1) is 18.6. The summed E-state index contributed by atoms with van der Waals surface area (Å²) in [6.07, 6.45) is 0.770. The summed E-state index contributed by atoms with van der Waals surface area (Å²) in [6.45, 7) is 4.94. The van der Waals surface area contributed by atoms with Gasteiger partial charge >= 0.3 is 0 Å². The highest BCUT2D eigenvalue weighted by molar-refractivity contribution is 6.07. The van der Waals surface area contributed by atoms with Crippen LogP contribution in [0.15, 0.2) is 42.5 Å². The standard InChI is InChI=1S/C20H21N3O4/c1-13(2)20(25)22-10-9-14-7-8-16(11-15(14)12-22)21-19(24)17-5-3-4-6-18(17)23(26)27/h3-8,11,13H,9-10,12H2,1-2H3,(H,21,24). The third kappa shape index (κ3) is 3.97. The predicted octanol–water partition coefficient (Wildman–Crippen LogP) is 3.39. The van der Waals surface area contributed by atoms with Crippen LogP contribution in [0.3, 0.4) is 0 Å². The molecule has 0 saturated heterocycles. The molecule has 0 aromatic heterocycles. The van der Waals surface area contributed by atoms with Crippen LogP contribution in [0.4, 0.5) is 11.4 Å². The molecule has 0 saturated carbocycles. The number of hydrogen-bond donors (Lipinski definition) is 1. The minimum Gasteiger partial charge on any atom is -0.338 e. The molecule has 7 nitrogen and oxygen atoms in total. The Labute approximate surface area is 157 Å². The lowest BCUT2D eigenvalue weighted by atomic mass is 9.98. The fourth-order valence-corrected chi connectivity index (χ4v) is 3.21. The van der Waals surface area contributed by atoms with Crippen LogP contribution in [0.5, 0.6) is 0 Å². The van der Waals surface area contributed by atoms with Gasteiger partial charge in [0.15, 0.2) is 0 Å². The Morgan fingerprint density at radius 2 is 1.89 bits per heavy atom. The lowest BCUT2D eigenvalue weighted by Crippen LogP contribution is -2.38. The van der Waals surface area contributed by atoms with Crippen LogP contribution in [0.2, 0.25) is 0 Å². The van der Waals surface area contributed by atoms with Crippen molar-refractivity contribution in [3.63, 3.8) is 0 Å². The third-order valence-corrected chi connectivity index (χ3v) is 4.63. The molecule has 2 aromatic carbocycles. The summed E-state index contributed by atoms with van der Waals surface area (Å²) >= 11 is 0. The topological polar surface area (TPSA) is 92.6 Å². The highest BCUT2D eigenvalue weighted by atomic mass is 16.6. The first-order valence-corrected chi connectivity index (χ1v) is 8.82. The maximum absolute atomic E-state index is 12.5. The zero-order chi connectivity index (χ0) is 19.6. The van der Waals surface area contributed by atoms with Crippen LogP contribution in [0.1, 0.15) is 35.3 Å². The van der Waals surface area contributed by atoms with Crippen LogP contribution < -0.4 is 5.32 Å². The fraction of sp³-hybridized carbons (Fsp3) is 0.300. The molecule has 2 aromatic rings. The Kier molecular flexibility index (Phi) is 5.21. The van der Waals surface area contributed by atoms with Gasteiger partial charge in [0.25, 0.3) is 11.6 Å². The number of benzene rings is 2. The highest BCUT2D eigenvalue weighted by Gasteiger charge is 2.23. The van der Waals surface area contributed by atoms with E-state index in [9.17, 15) is 19.7 Å². The average Bonchev–Trinajstić information content (AvgIpc) is 2.66. The van der Waals surface area contributed by atoms with Gasteiger partial charge in [-0.2, -0.15) is 0 Å². The number of rotatable bonds is 4. The third-order valence-electron chi connectivity index (χ3n) is 4.63. The lowest BCUT2D eigenvalue weighted by molar-refractivity contribution is -0.385. The van der Waals surface area contributed by atoms with Crippen molar-refractivity contribution in [1.82, 2.24) is 4.90 Å². The first-order chi connectivity index (χ1) is 12.9. The van der Waals surface area contributed by atoms with Gasteiger partial charge in [-0.05, 0) is 35.7 Å². The van der Waals surface area contributed by atoms with Gasteiger partial charge in [-0.25, -0.2) is 0 Å². The van der Waals surface area contributed by atoms with E-state index in [2.05, 4.69) is 5.32 Å². The lowest BCUT2D eigenvalue weighted by Gasteiger charge is -2.30. The van der Waals surface area contributed by atoms with Crippen molar-refractivity contribution in [1.29, 1.82) is 0 Å². The maximum Gasteiger partial charge on any atom is 0.282 e. The number of nitro groups is 1. The molecule has 7 heteroatoms. The number of para-hydroxylation sites is 1. The molecule has 0 spiro atoms. The van der Waals surface area contributed by atoms with E-state index in [0.29, 0.717) is 18.8 Å². The number of anilines is 1. The van der Waals surface area contributed by atoms with E-state index >= 15 is 0 Å². The van der Waals surface area contributed by atoms with Gasteiger partial charge in [-0.15, -0.1) is 0 Å². The zero-order valence-electron chi connectivity index (χ0n) is 15.3. The molecule has 1 aliphatic rings. The SMILES string of the molecule is CC(C)C(=O)N1CCc2ccc(NC(=O)c3ccccc3[N+](=O)[O-])cc2C1. The van der Waals surface area contributed by atoms with Crippen LogP contribution in [0.25, 0.3) is 0 Å². The van der Waals surface area contributed by atoms with Gasteiger partial charge < -0.3 is 10.2 Å². The molecule has 0 aliphatic carbocycles. The molecule has 0 fully saturated rings. The van der Waals surface area contributed by atoms with Gasteiger partial charge in [-0.3, -0.25) is 19.7 Å². The van der Waals surface area contributed by atoms with E-state index in [-0.39, 0.29) is 23.1 Å². The number of carbonyl (C=O) groups is 2. The Morgan fingerprint density at radius 1 is 1.15 bits per heavy atom. The Morgan fingerprint density at radius 3 is 2.59 bits per heavy atom. The molecule has 0 bridgehead atoms. The molecule has 140 valence electrons. The van der Waals surface area contributed by atoms with Crippen LogP contribution in [-0.2, 0) is 17.8 Å². The maximum atomic E-state index is 12.5. The summed E-state index contributed by atoms with van der Waals surface area (Å²) in [5.74, 6) is -0.490. The van der Waals surface area contributed by atoms with Gasteiger partial charge in [-0.1, -0.05) is 32.0 Å². The second kappa shape index (κ2) is 7.57. The van der Waals surface area contributed by atoms with Crippen molar-refractivity contribution in [2.45, 2.75) is 26.8 Å². The van der Waals surface area contributed by atoms with Crippen LogP contribution in [-0.4, -0.2) is 28.2 Å². The Bertz CT molecular complexity index is 908. The van der Waals surface area contributed by atoms with Crippen molar-refractivity contribution < 1.29 is 14.5 Å². The average molecular weight is 367 g/mol. The number of nitrogens with one attached hydrogen (secondary N) is 1. The zero-order valence-corrected chi connectivity index (χ0v) is 15.3. The van der Waals surface area contributed by atoms with E-state index in [0.717, 1.165) is 17.5 Å². The van der Waals surface area contributed by atoms with E-state index in [1.54, 1.807) is 12.1 Å². The molecule has 3 rings (SSSR count). The molecule has 2 amide bonds. The minimum atomic E-state index is -0.572. The second-order valence-corrected chi connectivity index (χ2v) is 6.88. The summed E-state index contributed by atoms with van der Waals surface area (Å²) in [5, 5.41) is 13.8. The van der Waals surface area contributed by atoms with Gasteiger partial charge in [0.1, 0.15) is 5.56 Å². The van der Waals surface area contributed by atoms with Crippen molar-refractivity contribution >= 4 is 23.2 Å². The summed E-state index contributed by atoms with van der Waals surface area (Å²) in [6, 6.07) is 11.4. The number of nitrogens with zero attached hydrogens (tertiary/aromatic N) is 2. The Balaban J connectivity index is 1.80. The van der Waals surface area contributed by atoms with Crippen LogP contribution in [0, 0.1) is 16.0 Å². The predicted molar refractivity (Wildman–Crippen MR) is 101 cm³/mol.